The lowest BCUT2D eigenvalue weighted by atomic mass is 9.86. The largest absolute Gasteiger partial charge is 0.268 e. The van der Waals surface area contributed by atoms with Gasteiger partial charge in [-0.3, -0.25) is 4.79 Å². The molecule has 1 aromatic heterocycles. The van der Waals surface area contributed by atoms with Crippen molar-refractivity contribution in [2.45, 2.75) is 39.2 Å². The van der Waals surface area contributed by atoms with Gasteiger partial charge in [0.15, 0.2) is 0 Å². The zero-order valence-electron chi connectivity index (χ0n) is 11.8. The summed E-state index contributed by atoms with van der Waals surface area (Å²) in [5, 5.41) is 4.51. The molecule has 0 N–H and O–H groups in total. The third kappa shape index (κ3) is 3.11. The van der Waals surface area contributed by atoms with E-state index in [1.54, 1.807) is 10.7 Å². The quantitative estimate of drug-likeness (QED) is 0.843. The van der Waals surface area contributed by atoms with Crippen LogP contribution in [0.15, 0.2) is 47.3 Å². The molecule has 0 amide bonds. The average molecular weight is 256 g/mol. The number of nitrogens with zero attached hydrogens (tertiary/aromatic N) is 2. The molecule has 0 unspecified atom stereocenters. The topological polar surface area (TPSA) is 34.9 Å². The normalized spacial score (nSPS) is 11.5. The summed E-state index contributed by atoms with van der Waals surface area (Å²) in [4.78, 5) is 11.9. The van der Waals surface area contributed by atoms with Crippen molar-refractivity contribution in [1.29, 1.82) is 0 Å². The minimum atomic E-state index is -0.0560. The van der Waals surface area contributed by atoms with Crippen LogP contribution in [0.3, 0.4) is 0 Å². The third-order valence-corrected chi connectivity index (χ3v) is 3.62. The summed E-state index contributed by atoms with van der Waals surface area (Å²) in [6.07, 6.45) is 0.990. The molecule has 2 aromatic rings. The zero-order chi connectivity index (χ0) is 13.9. The van der Waals surface area contributed by atoms with Gasteiger partial charge in [0, 0.05) is 11.5 Å². The van der Waals surface area contributed by atoms with Gasteiger partial charge in [0.25, 0.3) is 5.56 Å². The van der Waals surface area contributed by atoms with E-state index in [-0.39, 0.29) is 11.0 Å². The van der Waals surface area contributed by atoms with Crippen LogP contribution in [-0.2, 0) is 12.0 Å². The van der Waals surface area contributed by atoms with E-state index in [4.69, 9.17) is 0 Å². The number of hydrogen-bond acceptors (Lipinski definition) is 2. The van der Waals surface area contributed by atoms with Gasteiger partial charge in [0.2, 0.25) is 0 Å². The van der Waals surface area contributed by atoms with Crippen LogP contribution in [0.4, 0.5) is 0 Å². The number of aromatic nitrogens is 2. The molecule has 3 nitrogen and oxygen atoms in total. The Bertz CT molecular complexity index is 600. The van der Waals surface area contributed by atoms with E-state index in [2.05, 4.69) is 25.9 Å². The SMILES string of the molecule is CCC(C)(C)c1ccc(=O)n(Cc2ccccc2)n1. The second-order valence-corrected chi connectivity index (χ2v) is 5.44. The van der Waals surface area contributed by atoms with Gasteiger partial charge in [-0.05, 0) is 18.1 Å². The summed E-state index contributed by atoms with van der Waals surface area (Å²) in [6.45, 7) is 6.95. The summed E-state index contributed by atoms with van der Waals surface area (Å²) < 4.78 is 1.54. The minimum Gasteiger partial charge on any atom is -0.268 e. The van der Waals surface area contributed by atoms with E-state index in [1.165, 1.54) is 0 Å². The molecule has 2 rings (SSSR count). The van der Waals surface area contributed by atoms with Crippen molar-refractivity contribution < 1.29 is 0 Å². The van der Waals surface area contributed by atoms with E-state index >= 15 is 0 Å². The molecule has 1 heterocycles. The molecular formula is C16H20N2O. The van der Waals surface area contributed by atoms with Crippen molar-refractivity contribution in [3.05, 3.63) is 64.1 Å². The standard InChI is InChI=1S/C16H20N2O/c1-4-16(2,3)14-10-11-15(19)18(17-14)12-13-8-6-5-7-9-13/h5-11H,4,12H2,1-3H3. The first-order chi connectivity index (χ1) is 9.03. The first kappa shape index (κ1) is 13.5. The van der Waals surface area contributed by atoms with E-state index in [0.29, 0.717) is 6.54 Å². The predicted octanol–water partition coefficient (Wildman–Crippen LogP) is 2.98. The maximum Gasteiger partial charge on any atom is 0.267 e. The molecule has 0 aliphatic rings. The second kappa shape index (κ2) is 5.39. The van der Waals surface area contributed by atoms with Gasteiger partial charge < -0.3 is 0 Å². The summed E-state index contributed by atoms with van der Waals surface area (Å²) >= 11 is 0. The van der Waals surface area contributed by atoms with Crippen LogP contribution in [0.1, 0.15) is 38.4 Å². The molecule has 19 heavy (non-hydrogen) atoms. The Balaban J connectivity index is 2.36. The van der Waals surface area contributed by atoms with Crippen LogP contribution in [0.5, 0.6) is 0 Å². The molecule has 0 fully saturated rings. The van der Waals surface area contributed by atoms with E-state index in [0.717, 1.165) is 17.7 Å². The van der Waals surface area contributed by atoms with Gasteiger partial charge in [0.05, 0.1) is 12.2 Å². The molecule has 0 spiro atoms. The first-order valence-electron chi connectivity index (χ1n) is 6.65. The highest BCUT2D eigenvalue weighted by atomic mass is 16.1. The summed E-state index contributed by atoms with van der Waals surface area (Å²) in [5.74, 6) is 0. The molecule has 1 aromatic carbocycles. The highest BCUT2D eigenvalue weighted by molar-refractivity contribution is 5.16. The Morgan fingerprint density at radius 2 is 1.79 bits per heavy atom. The zero-order valence-corrected chi connectivity index (χ0v) is 11.8. The third-order valence-electron chi connectivity index (χ3n) is 3.62. The lowest BCUT2D eigenvalue weighted by Crippen LogP contribution is -2.28. The van der Waals surface area contributed by atoms with Crippen molar-refractivity contribution in [2.24, 2.45) is 0 Å². The van der Waals surface area contributed by atoms with Crippen LogP contribution in [0.2, 0.25) is 0 Å². The van der Waals surface area contributed by atoms with Gasteiger partial charge in [-0.25, -0.2) is 4.68 Å². The smallest absolute Gasteiger partial charge is 0.267 e. The monoisotopic (exact) mass is 256 g/mol. The summed E-state index contributed by atoms with van der Waals surface area (Å²) in [6, 6.07) is 13.4. The molecule has 0 bridgehead atoms. The molecule has 0 saturated carbocycles. The minimum absolute atomic E-state index is 0.00780. The van der Waals surface area contributed by atoms with Gasteiger partial charge in [-0.1, -0.05) is 51.1 Å². The number of hydrogen-bond donors (Lipinski definition) is 0. The highest BCUT2D eigenvalue weighted by Gasteiger charge is 2.20. The van der Waals surface area contributed by atoms with Crippen molar-refractivity contribution >= 4 is 0 Å². The number of rotatable bonds is 4. The van der Waals surface area contributed by atoms with Gasteiger partial charge in [-0.15, -0.1) is 0 Å². The van der Waals surface area contributed by atoms with E-state index < -0.39 is 0 Å². The van der Waals surface area contributed by atoms with Crippen LogP contribution < -0.4 is 5.56 Å². The Kier molecular flexibility index (Phi) is 3.84. The van der Waals surface area contributed by atoms with Crippen molar-refractivity contribution in [3.63, 3.8) is 0 Å². The van der Waals surface area contributed by atoms with Crippen molar-refractivity contribution in [2.75, 3.05) is 0 Å². The molecule has 0 atom stereocenters. The maximum atomic E-state index is 11.9. The van der Waals surface area contributed by atoms with Gasteiger partial charge in [-0.2, -0.15) is 5.10 Å². The fourth-order valence-electron chi connectivity index (χ4n) is 1.86. The Morgan fingerprint density at radius 1 is 1.11 bits per heavy atom. The van der Waals surface area contributed by atoms with Crippen LogP contribution >= 0.6 is 0 Å². The Labute approximate surface area is 113 Å². The second-order valence-electron chi connectivity index (χ2n) is 5.44. The fraction of sp³-hybridized carbons (Fsp3) is 0.375. The lowest BCUT2D eigenvalue weighted by molar-refractivity contribution is 0.463. The van der Waals surface area contributed by atoms with E-state index in [1.807, 2.05) is 36.4 Å². The molecule has 0 aliphatic carbocycles. The summed E-state index contributed by atoms with van der Waals surface area (Å²) in [7, 11) is 0. The molecule has 0 radical (unpaired) electrons. The lowest BCUT2D eigenvalue weighted by Gasteiger charge is -2.22. The summed E-state index contributed by atoms with van der Waals surface area (Å²) in [5.41, 5.74) is 1.99. The molecule has 0 aliphatic heterocycles. The van der Waals surface area contributed by atoms with Gasteiger partial charge >= 0.3 is 0 Å². The Morgan fingerprint density at radius 3 is 2.42 bits per heavy atom. The number of benzene rings is 1. The highest BCUT2D eigenvalue weighted by Crippen LogP contribution is 2.23. The molecule has 100 valence electrons. The van der Waals surface area contributed by atoms with Gasteiger partial charge in [0.1, 0.15) is 0 Å². The van der Waals surface area contributed by atoms with E-state index in [9.17, 15) is 4.79 Å². The van der Waals surface area contributed by atoms with Crippen molar-refractivity contribution in [1.82, 2.24) is 9.78 Å². The van der Waals surface area contributed by atoms with Crippen LogP contribution in [0.25, 0.3) is 0 Å². The van der Waals surface area contributed by atoms with Crippen molar-refractivity contribution in [3.8, 4) is 0 Å². The Hall–Kier alpha value is -1.90. The predicted molar refractivity (Wildman–Crippen MR) is 77.4 cm³/mol. The van der Waals surface area contributed by atoms with Crippen LogP contribution in [-0.4, -0.2) is 9.78 Å². The van der Waals surface area contributed by atoms with Crippen LogP contribution in [0, 0.1) is 0 Å². The average Bonchev–Trinajstić information content (AvgIpc) is 2.42. The molecule has 0 saturated heterocycles. The molecule has 3 heteroatoms. The maximum absolute atomic E-state index is 11.9. The first-order valence-corrected chi connectivity index (χ1v) is 6.65. The fourth-order valence-corrected chi connectivity index (χ4v) is 1.86. The molecular weight excluding hydrogens is 236 g/mol.